The van der Waals surface area contributed by atoms with Gasteiger partial charge in [0.25, 0.3) is 0 Å². The van der Waals surface area contributed by atoms with Gasteiger partial charge in [0, 0.05) is 28.8 Å². The Balaban J connectivity index is 0.00000300. The first-order valence-corrected chi connectivity index (χ1v) is 9.17. The smallest absolute Gasteiger partial charge is 0.307 e. The summed E-state index contributed by atoms with van der Waals surface area (Å²) in [7, 11) is 0. The van der Waals surface area contributed by atoms with Gasteiger partial charge in [0.1, 0.15) is 23.2 Å². The van der Waals surface area contributed by atoms with Crippen molar-refractivity contribution < 1.29 is 27.8 Å². The SMILES string of the molecule is CCOC(=O)C[C@H](N)c1c(F)c(-c2c(C)cc(F)cc2O)cc(C2CC2)c1F.Cl. The summed E-state index contributed by atoms with van der Waals surface area (Å²) in [5, 5.41) is 10.2. The van der Waals surface area contributed by atoms with Crippen LogP contribution in [-0.4, -0.2) is 17.7 Å². The van der Waals surface area contributed by atoms with Crippen LogP contribution in [0.1, 0.15) is 54.8 Å². The first kappa shape index (κ1) is 23.0. The highest BCUT2D eigenvalue weighted by Gasteiger charge is 2.33. The molecule has 4 nitrogen and oxygen atoms in total. The van der Waals surface area contributed by atoms with E-state index in [9.17, 15) is 14.3 Å². The van der Waals surface area contributed by atoms with Gasteiger partial charge in [-0.25, -0.2) is 13.2 Å². The Morgan fingerprint density at radius 2 is 1.90 bits per heavy atom. The van der Waals surface area contributed by atoms with Gasteiger partial charge in [0.2, 0.25) is 0 Å². The molecular weight excluding hydrogens is 407 g/mol. The summed E-state index contributed by atoms with van der Waals surface area (Å²) >= 11 is 0. The Hall–Kier alpha value is -2.25. The van der Waals surface area contributed by atoms with E-state index in [1.165, 1.54) is 13.0 Å². The van der Waals surface area contributed by atoms with Crippen molar-refractivity contribution in [2.24, 2.45) is 5.73 Å². The molecule has 3 rings (SSSR count). The van der Waals surface area contributed by atoms with E-state index in [4.69, 9.17) is 10.5 Å². The number of aromatic hydroxyl groups is 1. The molecule has 0 heterocycles. The van der Waals surface area contributed by atoms with Crippen LogP contribution in [0.4, 0.5) is 13.2 Å². The van der Waals surface area contributed by atoms with Gasteiger partial charge < -0.3 is 15.6 Å². The zero-order valence-electron chi connectivity index (χ0n) is 16.1. The van der Waals surface area contributed by atoms with Gasteiger partial charge in [-0.05, 0) is 55.9 Å². The number of esters is 1. The molecular formula is C21H23ClF3NO3. The largest absolute Gasteiger partial charge is 0.507 e. The maximum absolute atomic E-state index is 15.4. The Morgan fingerprint density at radius 1 is 1.24 bits per heavy atom. The van der Waals surface area contributed by atoms with E-state index in [2.05, 4.69) is 0 Å². The highest BCUT2D eigenvalue weighted by molar-refractivity contribution is 5.85. The Kier molecular flexibility index (Phi) is 7.19. The van der Waals surface area contributed by atoms with Crippen LogP contribution in [0.2, 0.25) is 0 Å². The molecule has 0 spiro atoms. The maximum atomic E-state index is 15.4. The minimum absolute atomic E-state index is 0. The molecule has 0 saturated heterocycles. The van der Waals surface area contributed by atoms with Gasteiger partial charge in [-0.15, -0.1) is 12.4 Å². The van der Waals surface area contributed by atoms with Gasteiger partial charge in [0.05, 0.1) is 13.0 Å². The standard InChI is InChI=1S/C21H22F3NO3.ClH/c1-3-28-17(27)9-15(25)19-20(23)13(11-4-5-11)8-14(21(19)24)18-10(2)6-12(22)7-16(18)26;/h6-8,11,15,26H,3-5,9,25H2,1-2H3;1H/t15-;/m0./s1. The molecule has 2 aromatic rings. The summed E-state index contributed by atoms with van der Waals surface area (Å²) in [6, 6.07) is 2.13. The number of hydrogen-bond donors (Lipinski definition) is 2. The fourth-order valence-electron chi connectivity index (χ4n) is 3.46. The number of aryl methyl sites for hydroxylation is 1. The molecule has 0 radical (unpaired) electrons. The number of ether oxygens (including phenoxy) is 1. The summed E-state index contributed by atoms with van der Waals surface area (Å²) in [6.45, 7) is 3.28. The average Bonchev–Trinajstić information content (AvgIpc) is 3.41. The van der Waals surface area contributed by atoms with Crippen molar-refractivity contribution in [3.05, 3.63) is 52.3 Å². The van der Waals surface area contributed by atoms with Crippen molar-refractivity contribution in [1.82, 2.24) is 0 Å². The van der Waals surface area contributed by atoms with Gasteiger partial charge >= 0.3 is 5.97 Å². The quantitative estimate of drug-likeness (QED) is 0.631. The lowest BCUT2D eigenvalue weighted by Gasteiger charge is -2.20. The summed E-state index contributed by atoms with van der Waals surface area (Å²) in [5.41, 5.74) is 6.14. The molecule has 1 fully saturated rings. The van der Waals surface area contributed by atoms with Crippen LogP contribution in [-0.2, 0) is 9.53 Å². The molecule has 1 aliphatic rings. The third-order valence-electron chi connectivity index (χ3n) is 4.89. The molecule has 1 atom stereocenters. The number of benzene rings is 2. The average molecular weight is 430 g/mol. The predicted molar refractivity (Wildman–Crippen MR) is 106 cm³/mol. The number of hydrogen-bond acceptors (Lipinski definition) is 4. The first-order chi connectivity index (χ1) is 13.2. The van der Waals surface area contributed by atoms with E-state index in [1.807, 2.05) is 0 Å². The van der Waals surface area contributed by atoms with Gasteiger partial charge in [-0.2, -0.15) is 0 Å². The molecule has 0 aliphatic heterocycles. The second-order valence-electron chi connectivity index (χ2n) is 7.06. The third-order valence-corrected chi connectivity index (χ3v) is 4.89. The number of carbonyl (C=O) groups is 1. The van der Waals surface area contributed by atoms with Crippen LogP contribution in [0.15, 0.2) is 18.2 Å². The molecule has 1 aliphatic carbocycles. The zero-order chi connectivity index (χ0) is 20.6. The van der Waals surface area contributed by atoms with Crippen LogP contribution < -0.4 is 5.73 Å². The summed E-state index contributed by atoms with van der Waals surface area (Å²) in [6.07, 6.45) is 1.12. The topological polar surface area (TPSA) is 72.5 Å². The normalized spacial score (nSPS) is 14.3. The van der Waals surface area contributed by atoms with Crippen molar-refractivity contribution in [1.29, 1.82) is 0 Å². The second kappa shape index (κ2) is 9.05. The lowest BCUT2D eigenvalue weighted by atomic mass is 9.90. The van der Waals surface area contributed by atoms with E-state index >= 15 is 8.78 Å². The lowest BCUT2D eigenvalue weighted by molar-refractivity contribution is -0.143. The lowest BCUT2D eigenvalue weighted by Crippen LogP contribution is -2.21. The van der Waals surface area contributed by atoms with Crippen molar-refractivity contribution in [3.8, 4) is 16.9 Å². The monoisotopic (exact) mass is 429 g/mol. The fourth-order valence-corrected chi connectivity index (χ4v) is 3.46. The minimum Gasteiger partial charge on any atom is -0.507 e. The van der Waals surface area contributed by atoms with Crippen LogP contribution >= 0.6 is 12.4 Å². The predicted octanol–water partition coefficient (Wildman–Crippen LogP) is 5.04. The van der Waals surface area contributed by atoms with Crippen LogP contribution in [0, 0.1) is 24.4 Å². The van der Waals surface area contributed by atoms with Crippen LogP contribution in [0.3, 0.4) is 0 Å². The molecule has 1 saturated carbocycles. The molecule has 0 bridgehead atoms. The minimum atomic E-state index is -1.25. The van der Waals surface area contributed by atoms with Crippen molar-refractivity contribution >= 4 is 18.4 Å². The van der Waals surface area contributed by atoms with Crippen molar-refractivity contribution in [2.75, 3.05) is 6.61 Å². The molecule has 29 heavy (non-hydrogen) atoms. The van der Waals surface area contributed by atoms with E-state index in [-0.39, 0.29) is 48.0 Å². The number of rotatable bonds is 6. The first-order valence-electron chi connectivity index (χ1n) is 9.17. The van der Waals surface area contributed by atoms with Gasteiger partial charge in [-0.3, -0.25) is 4.79 Å². The summed E-state index contributed by atoms with van der Waals surface area (Å²) < 4.78 is 48.8. The highest BCUT2D eigenvalue weighted by atomic mass is 35.5. The Labute approximate surface area is 173 Å². The van der Waals surface area contributed by atoms with E-state index in [0.29, 0.717) is 5.56 Å². The Bertz CT molecular complexity index is 909. The number of carbonyl (C=O) groups excluding carboxylic acids is 1. The zero-order valence-corrected chi connectivity index (χ0v) is 16.9. The van der Waals surface area contributed by atoms with E-state index in [1.54, 1.807) is 6.92 Å². The molecule has 0 amide bonds. The van der Waals surface area contributed by atoms with E-state index < -0.39 is 40.8 Å². The fraction of sp³-hybridized carbons (Fsp3) is 0.381. The maximum Gasteiger partial charge on any atom is 0.307 e. The third kappa shape index (κ3) is 4.67. The number of phenolic OH excluding ortho intramolecular Hbond substituents is 1. The second-order valence-corrected chi connectivity index (χ2v) is 7.06. The molecule has 0 unspecified atom stereocenters. The summed E-state index contributed by atoms with van der Waals surface area (Å²) in [5.74, 6) is -3.59. The molecule has 3 N–H and O–H groups in total. The molecule has 8 heteroatoms. The van der Waals surface area contributed by atoms with E-state index in [0.717, 1.165) is 25.0 Å². The summed E-state index contributed by atoms with van der Waals surface area (Å²) in [4.78, 5) is 11.8. The van der Waals surface area contributed by atoms with Crippen molar-refractivity contribution in [2.45, 2.75) is 45.1 Å². The molecule has 0 aromatic heterocycles. The highest BCUT2D eigenvalue weighted by Crippen LogP contribution is 2.46. The Morgan fingerprint density at radius 3 is 2.45 bits per heavy atom. The number of nitrogens with two attached hydrogens (primary N) is 1. The van der Waals surface area contributed by atoms with Gasteiger partial charge in [0.15, 0.2) is 0 Å². The molecule has 2 aromatic carbocycles. The van der Waals surface area contributed by atoms with Crippen molar-refractivity contribution in [3.63, 3.8) is 0 Å². The van der Waals surface area contributed by atoms with Crippen LogP contribution in [0.5, 0.6) is 5.75 Å². The number of phenols is 1. The number of halogens is 4. The van der Waals surface area contributed by atoms with Gasteiger partial charge in [-0.1, -0.05) is 0 Å². The van der Waals surface area contributed by atoms with Crippen LogP contribution in [0.25, 0.3) is 11.1 Å². The molecule has 158 valence electrons.